The van der Waals surface area contributed by atoms with Crippen molar-refractivity contribution in [2.45, 2.75) is 84.0 Å². The molecule has 0 atom stereocenters. The van der Waals surface area contributed by atoms with Crippen LogP contribution in [0, 0.1) is 0 Å². The van der Waals surface area contributed by atoms with Crippen molar-refractivity contribution in [3.63, 3.8) is 0 Å². The van der Waals surface area contributed by atoms with Crippen LogP contribution in [0.2, 0.25) is 10.0 Å². The second-order valence-electron chi connectivity index (χ2n) is 13.7. The minimum Gasteiger partial charge on any atom is -0.494 e. The third-order valence-electron chi connectivity index (χ3n) is 9.50. The van der Waals surface area contributed by atoms with Gasteiger partial charge >= 0.3 is 5.97 Å². The number of piperazine rings is 1. The molecule has 0 radical (unpaired) electrons. The summed E-state index contributed by atoms with van der Waals surface area (Å²) in [5, 5.41) is 1.21. The molecule has 0 aliphatic carbocycles. The third-order valence-corrected chi connectivity index (χ3v) is 10.3. The van der Waals surface area contributed by atoms with Gasteiger partial charge in [0.1, 0.15) is 5.75 Å². The van der Waals surface area contributed by atoms with Gasteiger partial charge in [-0.15, -0.1) is 0 Å². The van der Waals surface area contributed by atoms with E-state index in [2.05, 4.69) is 83.6 Å². The van der Waals surface area contributed by atoms with Crippen LogP contribution in [-0.2, 0) is 20.7 Å². The molecule has 0 unspecified atom stereocenters. The van der Waals surface area contributed by atoms with Gasteiger partial charge in [-0.25, -0.2) is 0 Å². The number of aryl methyl sites for hydroxylation is 1. The molecule has 0 bridgehead atoms. The van der Waals surface area contributed by atoms with Crippen LogP contribution in [0.15, 0.2) is 109 Å². The zero-order chi connectivity index (χ0) is 38.9. The fraction of sp³-hybridized carbons (Fsp3) is 0.435. The average Bonchev–Trinajstić information content (AvgIpc) is 3.19. The molecular formula is C46H59Cl2N3O4. The monoisotopic (exact) mass is 787 g/mol. The molecule has 2 aliphatic rings. The van der Waals surface area contributed by atoms with Crippen LogP contribution in [0.1, 0.15) is 83.1 Å². The first-order valence-electron chi connectivity index (χ1n) is 20.0. The summed E-state index contributed by atoms with van der Waals surface area (Å²) in [4.78, 5) is 31.7. The van der Waals surface area contributed by atoms with Gasteiger partial charge in [0.05, 0.1) is 28.0 Å². The number of esters is 1. The number of nitrogens with zero attached hydrogens (tertiary/aromatic N) is 3. The number of anilines is 2. The van der Waals surface area contributed by atoms with E-state index < -0.39 is 0 Å². The van der Waals surface area contributed by atoms with Gasteiger partial charge in [0, 0.05) is 45.1 Å². The Bertz CT molecular complexity index is 1660. The van der Waals surface area contributed by atoms with Crippen molar-refractivity contribution in [1.29, 1.82) is 0 Å². The Morgan fingerprint density at radius 1 is 0.745 bits per heavy atom. The number of carbonyl (C=O) groups excluding carboxylic acids is 2. The Labute approximate surface area is 339 Å². The maximum absolute atomic E-state index is 12.8. The van der Waals surface area contributed by atoms with Crippen molar-refractivity contribution in [1.82, 2.24) is 4.90 Å². The highest BCUT2D eigenvalue weighted by Gasteiger charge is 2.26. The average molecular weight is 789 g/mol. The van der Waals surface area contributed by atoms with Gasteiger partial charge in [0.25, 0.3) is 0 Å². The number of hydrogen-bond acceptors (Lipinski definition) is 6. The van der Waals surface area contributed by atoms with Crippen molar-refractivity contribution in [3.8, 4) is 5.75 Å². The first kappa shape index (κ1) is 43.7. The number of hydrogen-bond donors (Lipinski definition) is 0. The van der Waals surface area contributed by atoms with Crippen molar-refractivity contribution < 1.29 is 19.1 Å². The first-order valence-corrected chi connectivity index (χ1v) is 20.7. The van der Waals surface area contributed by atoms with Crippen LogP contribution in [0.5, 0.6) is 5.75 Å². The third kappa shape index (κ3) is 16.3. The molecule has 0 N–H and O–H groups in total. The van der Waals surface area contributed by atoms with Crippen LogP contribution in [0.4, 0.5) is 11.4 Å². The Kier molecular flexibility index (Phi) is 20.6. The molecule has 296 valence electrons. The number of allylic oxidation sites excluding steroid dienone is 12. The molecular weight excluding hydrogens is 729 g/mol. The number of rotatable bonds is 23. The van der Waals surface area contributed by atoms with Gasteiger partial charge in [0.15, 0.2) is 6.73 Å². The quantitative estimate of drug-likeness (QED) is 0.0635. The lowest BCUT2D eigenvalue weighted by Gasteiger charge is -2.36. The maximum Gasteiger partial charge on any atom is 0.307 e. The molecule has 7 nitrogen and oxygen atoms in total. The van der Waals surface area contributed by atoms with Gasteiger partial charge in [-0.05, 0) is 94.5 Å². The molecule has 0 spiro atoms. The molecule has 0 aromatic heterocycles. The number of unbranched alkanes of at least 4 members (excludes halogenated alkanes) is 1. The van der Waals surface area contributed by atoms with E-state index in [1.54, 1.807) is 4.90 Å². The molecule has 2 aromatic carbocycles. The van der Waals surface area contributed by atoms with Crippen LogP contribution < -0.4 is 14.5 Å². The highest BCUT2D eigenvalue weighted by atomic mass is 35.5. The standard InChI is InChI=1S/C46H59Cl2N3O4/c1-2-3-4-5-6-7-8-9-10-11-12-13-14-15-16-17-18-19-20-26-45(53)55-38-51-43-37-40(29-27-39(43)28-30-44(51)52)54-36-22-21-31-49-32-34-50(35-33-49)42-25-23-24-41(47)46(42)48/h3-4,6-7,9-10,12-13,15-16,18-19,23-25,27,29,37H,2,5,8,11,14,17,20-22,26,28,30-36,38H2,1H3. The molecule has 1 fully saturated rings. The summed E-state index contributed by atoms with van der Waals surface area (Å²) in [7, 11) is 0. The Morgan fingerprint density at radius 2 is 1.38 bits per heavy atom. The van der Waals surface area contributed by atoms with Crippen molar-refractivity contribution >= 4 is 46.5 Å². The van der Waals surface area contributed by atoms with E-state index >= 15 is 0 Å². The van der Waals surface area contributed by atoms with Crippen molar-refractivity contribution in [3.05, 3.63) is 125 Å². The van der Waals surface area contributed by atoms with E-state index in [-0.39, 0.29) is 25.0 Å². The van der Waals surface area contributed by atoms with E-state index in [0.717, 1.165) is 107 Å². The molecule has 9 heteroatoms. The predicted molar refractivity (Wildman–Crippen MR) is 231 cm³/mol. The van der Waals surface area contributed by atoms with Crippen LogP contribution >= 0.6 is 23.2 Å². The van der Waals surface area contributed by atoms with E-state index in [1.807, 2.05) is 42.5 Å². The smallest absolute Gasteiger partial charge is 0.307 e. The Morgan fingerprint density at radius 3 is 2.04 bits per heavy atom. The molecule has 2 aliphatic heterocycles. The summed E-state index contributed by atoms with van der Waals surface area (Å²) in [5.74, 6) is 0.350. The zero-order valence-corrected chi connectivity index (χ0v) is 34.1. The molecule has 0 saturated carbocycles. The normalized spacial score (nSPS) is 15.6. The number of amides is 1. The van der Waals surface area contributed by atoms with Gasteiger partial charge in [0.2, 0.25) is 5.91 Å². The van der Waals surface area contributed by atoms with E-state index in [9.17, 15) is 9.59 Å². The topological polar surface area (TPSA) is 62.3 Å². The van der Waals surface area contributed by atoms with Gasteiger partial charge in [-0.1, -0.05) is 115 Å². The highest BCUT2D eigenvalue weighted by molar-refractivity contribution is 6.43. The van der Waals surface area contributed by atoms with Crippen LogP contribution in [-0.4, -0.2) is 62.8 Å². The minimum atomic E-state index is -0.318. The molecule has 2 aromatic rings. The molecule has 4 rings (SSSR count). The lowest BCUT2D eigenvalue weighted by atomic mass is 10.0. The summed E-state index contributed by atoms with van der Waals surface area (Å²) >= 11 is 12.6. The molecule has 55 heavy (non-hydrogen) atoms. The van der Waals surface area contributed by atoms with Crippen LogP contribution in [0.3, 0.4) is 0 Å². The SMILES string of the molecule is CCC=CCC=CCC=CCC=CCC=CCC=CCCC(=O)OCN1C(=O)CCc2ccc(OCCCCN3CCN(c4cccc(Cl)c4Cl)CC3)cc21. The number of ether oxygens (including phenoxy) is 2. The van der Waals surface area contributed by atoms with E-state index in [0.29, 0.717) is 35.9 Å². The first-order chi connectivity index (χ1) is 27.0. The largest absolute Gasteiger partial charge is 0.494 e. The Balaban J connectivity index is 1.06. The summed E-state index contributed by atoms with van der Waals surface area (Å²) in [6, 6.07) is 11.7. The number of carbonyl (C=O) groups is 2. The Hall–Kier alpha value is -4.04. The van der Waals surface area contributed by atoms with Gasteiger partial charge in [-0.3, -0.25) is 19.4 Å². The molecule has 1 amide bonds. The summed E-state index contributed by atoms with van der Waals surface area (Å²) in [5.41, 5.74) is 2.82. The van der Waals surface area contributed by atoms with Gasteiger partial charge < -0.3 is 14.4 Å². The minimum absolute atomic E-state index is 0.0489. The highest BCUT2D eigenvalue weighted by Crippen LogP contribution is 2.33. The number of benzene rings is 2. The van der Waals surface area contributed by atoms with E-state index in [1.165, 1.54) is 0 Å². The summed E-state index contributed by atoms with van der Waals surface area (Å²) in [6.45, 7) is 7.45. The lowest BCUT2D eigenvalue weighted by molar-refractivity contribution is -0.144. The summed E-state index contributed by atoms with van der Waals surface area (Å²) in [6.07, 6.45) is 35.6. The van der Waals surface area contributed by atoms with Crippen LogP contribution in [0.25, 0.3) is 0 Å². The lowest BCUT2D eigenvalue weighted by Crippen LogP contribution is -2.46. The van der Waals surface area contributed by atoms with Gasteiger partial charge in [-0.2, -0.15) is 0 Å². The fourth-order valence-corrected chi connectivity index (χ4v) is 6.79. The van der Waals surface area contributed by atoms with Crippen molar-refractivity contribution in [2.24, 2.45) is 0 Å². The molecule has 2 heterocycles. The number of fused-ring (bicyclic) bond motifs is 1. The predicted octanol–water partition coefficient (Wildman–Crippen LogP) is 11.2. The second-order valence-corrected chi connectivity index (χ2v) is 14.5. The maximum atomic E-state index is 12.8. The summed E-state index contributed by atoms with van der Waals surface area (Å²) < 4.78 is 11.6. The second kappa shape index (κ2) is 25.9. The van der Waals surface area contributed by atoms with E-state index in [4.69, 9.17) is 32.7 Å². The molecule has 1 saturated heterocycles. The number of halogens is 2. The zero-order valence-electron chi connectivity index (χ0n) is 32.6. The fourth-order valence-electron chi connectivity index (χ4n) is 6.37. The van der Waals surface area contributed by atoms with Crippen molar-refractivity contribution in [2.75, 3.05) is 55.9 Å².